The second-order valence-electron chi connectivity index (χ2n) is 9.87. The molecule has 0 aliphatic carbocycles. The van der Waals surface area contributed by atoms with Crippen molar-refractivity contribution < 1.29 is 13.2 Å². The molecule has 0 atom stereocenters. The van der Waals surface area contributed by atoms with Gasteiger partial charge in [0.25, 0.3) is 0 Å². The molecule has 0 radical (unpaired) electrons. The zero-order valence-electron chi connectivity index (χ0n) is 20.2. The highest BCUT2D eigenvalue weighted by atomic mass is 32.2. The second kappa shape index (κ2) is 9.20. The topological polar surface area (TPSA) is 88.4 Å². The average Bonchev–Trinajstić information content (AvgIpc) is 3.49. The minimum Gasteiger partial charge on any atom is -0.341 e. The minimum atomic E-state index is -3.52. The average molecular weight is 494 g/mol. The van der Waals surface area contributed by atoms with Crippen molar-refractivity contribution in [1.82, 2.24) is 24.0 Å². The molecule has 1 spiro atoms. The first-order chi connectivity index (χ1) is 16.8. The molecule has 35 heavy (non-hydrogen) atoms. The highest BCUT2D eigenvalue weighted by Crippen LogP contribution is 2.41. The summed E-state index contributed by atoms with van der Waals surface area (Å²) in [6.07, 6.45) is 7.74. The number of nitrogens with zero attached hydrogens (tertiary/aromatic N) is 5. The van der Waals surface area contributed by atoms with Crippen LogP contribution in [0.5, 0.6) is 0 Å². The molecule has 0 saturated carbocycles. The lowest BCUT2D eigenvalue weighted by atomic mass is 9.78. The molecule has 8 nitrogen and oxygen atoms in total. The summed E-state index contributed by atoms with van der Waals surface area (Å²) in [4.78, 5) is 19.4. The summed E-state index contributed by atoms with van der Waals surface area (Å²) >= 11 is 0. The van der Waals surface area contributed by atoms with Gasteiger partial charge in [-0.15, -0.1) is 0 Å². The van der Waals surface area contributed by atoms with E-state index in [1.165, 1.54) is 0 Å². The first-order valence-corrected chi connectivity index (χ1v) is 13.5. The van der Waals surface area contributed by atoms with E-state index in [1.807, 2.05) is 55.3 Å². The Morgan fingerprint density at radius 1 is 1.00 bits per heavy atom. The number of hydrogen-bond acceptors (Lipinski definition) is 5. The van der Waals surface area contributed by atoms with E-state index in [0.717, 1.165) is 41.6 Å². The third-order valence-electron chi connectivity index (χ3n) is 7.45. The summed E-state index contributed by atoms with van der Waals surface area (Å²) in [6.45, 7) is 6.34. The van der Waals surface area contributed by atoms with Crippen molar-refractivity contribution in [3.8, 4) is 11.3 Å². The Balaban J connectivity index is 1.20. The first kappa shape index (κ1) is 23.7. The summed E-state index contributed by atoms with van der Waals surface area (Å²) in [7, 11) is -3.52. The number of benzene rings is 1. The molecule has 3 aromatic rings. The smallest absolute Gasteiger partial charge is 0.244 e. The highest BCUT2D eigenvalue weighted by molar-refractivity contribution is 7.89. The normalized spacial score (nSPS) is 18.3. The highest BCUT2D eigenvalue weighted by Gasteiger charge is 2.44. The van der Waals surface area contributed by atoms with E-state index in [4.69, 9.17) is 0 Å². The molecule has 2 aliphatic heterocycles. The number of aromatic nitrogens is 3. The third-order valence-corrected chi connectivity index (χ3v) is 9.49. The van der Waals surface area contributed by atoms with Crippen molar-refractivity contribution >= 4 is 15.9 Å². The number of aryl methyl sites for hydroxylation is 2. The van der Waals surface area contributed by atoms with Gasteiger partial charge in [0, 0.05) is 50.3 Å². The number of piperidine rings is 1. The fourth-order valence-corrected chi connectivity index (χ4v) is 7.00. The lowest BCUT2D eigenvalue weighted by molar-refractivity contribution is -0.131. The molecule has 2 aliphatic rings. The summed E-state index contributed by atoms with van der Waals surface area (Å²) in [5, 5.41) is 4.54. The van der Waals surface area contributed by atoms with E-state index in [1.54, 1.807) is 27.4 Å². The molecule has 1 aromatic carbocycles. The van der Waals surface area contributed by atoms with E-state index < -0.39 is 10.0 Å². The fourth-order valence-electron chi connectivity index (χ4n) is 5.25. The Hall–Kier alpha value is -3.04. The second-order valence-corrected chi connectivity index (χ2v) is 11.8. The number of sulfonamides is 1. The zero-order chi connectivity index (χ0) is 24.6. The van der Waals surface area contributed by atoms with E-state index in [-0.39, 0.29) is 17.9 Å². The van der Waals surface area contributed by atoms with Gasteiger partial charge in [0.2, 0.25) is 15.9 Å². The van der Waals surface area contributed by atoms with Gasteiger partial charge in [-0.05, 0) is 73.9 Å². The number of carbonyl (C=O) groups is 1. The summed E-state index contributed by atoms with van der Waals surface area (Å²) in [5.41, 5.74) is 3.50. The van der Waals surface area contributed by atoms with Crippen LogP contribution in [0.4, 0.5) is 0 Å². The zero-order valence-corrected chi connectivity index (χ0v) is 21.0. The molecular weight excluding hydrogens is 462 g/mol. The Labute approximate surface area is 206 Å². The van der Waals surface area contributed by atoms with Crippen molar-refractivity contribution in [2.75, 3.05) is 26.2 Å². The van der Waals surface area contributed by atoms with Crippen LogP contribution in [0.3, 0.4) is 0 Å². The first-order valence-electron chi connectivity index (χ1n) is 12.0. The van der Waals surface area contributed by atoms with Gasteiger partial charge in [-0.2, -0.15) is 9.40 Å². The standard InChI is InChI=1S/C26H31N5O3S/c1-20-3-4-21(2)24(17-20)35(33,34)31-15-9-26(10-16-31)8-14-29(19-26)25(32)18-30-13-7-23(28-30)22-5-11-27-12-6-22/h3-7,11-13,17H,8-10,14-16,18-19H2,1-2H3. The lowest BCUT2D eigenvalue weighted by Gasteiger charge is -2.38. The van der Waals surface area contributed by atoms with Crippen molar-refractivity contribution in [3.63, 3.8) is 0 Å². The maximum Gasteiger partial charge on any atom is 0.244 e. The molecule has 5 rings (SSSR count). The van der Waals surface area contributed by atoms with Crippen LogP contribution < -0.4 is 0 Å². The Bertz CT molecular complexity index is 1330. The number of likely N-dealkylation sites (tertiary alicyclic amines) is 1. The van der Waals surface area contributed by atoms with Crippen LogP contribution in [0, 0.1) is 19.3 Å². The van der Waals surface area contributed by atoms with Gasteiger partial charge in [0.1, 0.15) is 6.54 Å². The predicted molar refractivity (Wildman–Crippen MR) is 133 cm³/mol. The molecule has 0 bridgehead atoms. The quantitative estimate of drug-likeness (QED) is 0.544. The van der Waals surface area contributed by atoms with E-state index in [9.17, 15) is 13.2 Å². The van der Waals surface area contributed by atoms with Gasteiger partial charge in [0.15, 0.2) is 0 Å². The summed E-state index contributed by atoms with van der Waals surface area (Å²) in [5.74, 6) is 0.0525. The van der Waals surface area contributed by atoms with Crippen molar-refractivity contribution in [3.05, 3.63) is 66.1 Å². The van der Waals surface area contributed by atoms with Crippen LogP contribution in [0.2, 0.25) is 0 Å². The molecule has 2 saturated heterocycles. The molecular formula is C26H31N5O3S. The third kappa shape index (κ3) is 4.75. The molecule has 1 amide bonds. The SMILES string of the molecule is Cc1ccc(C)c(S(=O)(=O)N2CCC3(CCN(C(=O)Cn4ccc(-c5ccncc5)n4)C3)CC2)c1. The van der Waals surface area contributed by atoms with E-state index >= 15 is 0 Å². The monoisotopic (exact) mass is 493 g/mol. The van der Waals surface area contributed by atoms with Crippen molar-refractivity contribution in [2.24, 2.45) is 5.41 Å². The van der Waals surface area contributed by atoms with Gasteiger partial charge in [0.05, 0.1) is 10.6 Å². The fraction of sp³-hybridized carbons (Fsp3) is 0.423. The molecule has 9 heteroatoms. The molecule has 2 aromatic heterocycles. The predicted octanol–water partition coefficient (Wildman–Crippen LogP) is 3.27. The number of hydrogen-bond donors (Lipinski definition) is 0. The summed E-state index contributed by atoms with van der Waals surface area (Å²) in [6, 6.07) is 11.3. The van der Waals surface area contributed by atoms with Crippen molar-refractivity contribution in [1.29, 1.82) is 0 Å². The van der Waals surface area contributed by atoms with Crippen molar-refractivity contribution in [2.45, 2.75) is 44.6 Å². The van der Waals surface area contributed by atoms with Gasteiger partial charge in [-0.3, -0.25) is 14.5 Å². The maximum atomic E-state index is 13.3. The van der Waals surface area contributed by atoms with Crippen LogP contribution in [0.25, 0.3) is 11.3 Å². The molecule has 0 unspecified atom stereocenters. The minimum absolute atomic E-state index is 0.00432. The van der Waals surface area contributed by atoms with Crippen LogP contribution >= 0.6 is 0 Å². The van der Waals surface area contributed by atoms with E-state index in [2.05, 4.69) is 10.1 Å². The lowest BCUT2D eigenvalue weighted by Crippen LogP contribution is -2.45. The van der Waals surface area contributed by atoms with Crippen LogP contribution in [-0.4, -0.2) is 64.5 Å². The number of carbonyl (C=O) groups excluding carboxylic acids is 1. The maximum absolute atomic E-state index is 13.3. The van der Waals surface area contributed by atoms with Crippen LogP contribution in [0.15, 0.2) is 59.9 Å². The van der Waals surface area contributed by atoms with E-state index in [0.29, 0.717) is 31.1 Å². The number of amides is 1. The Morgan fingerprint density at radius 3 is 2.46 bits per heavy atom. The van der Waals surface area contributed by atoms with Gasteiger partial charge in [-0.1, -0.05) is 12.1 Å². The number of pyridine rings is 1. The molecule has 2 fully saturated rings. The molecule has 0 N–H and O–H groups in total. The van der Waals surface area contributed by atoms with Gasteiger partial charge >= 0.3 is 0 Å². The van der Waals surface area contributed by atoms with Crippen LogP contribution in [-0.2, 0) is 21.4 Å². The Kier molecular flexibility index (Phi) is 6.23. The summed E-state index contributed by atoms with van der Waals surface area (Å²) < 4.78 is 29.9. The number of rotatable bonds is 5. The molecule has 184 valence electrons. The van der Waals surface area contributed by atoms with Gasteiger partial charge < -0.3 is 4.90 Å². The van der Waals surface area contributed by atoms with Gasteiger partial charge in [-0.25, -0.2) is 8.42 Å². The van der Waals surface area contributed by atoms with Crippen LogP contribution in [0.1, 0.15) is 30.4 Å². The largest absolute Gasteiger partial charge is 0.341 e. The Morgan fingerprint density at radius 2 is 1.71 bits per heavy atom. The molecule has 4 heterocycles.